The summed E-state index contributed by atoms with van der Waals surface area (Å²) in [6.45, 7) is 0. The molecule has 2 N–H and O–H groups in total. The van der Waals surface area contributed by atoms with E-state index >= 15 is 0 Å². The minimum Gasteiger partial charge on any atom is -0.455 e. The molecule has 21 heavy (non-hydrogen) atoms. The Labute approximate surface area is 137 Å². The molecule has 2 nitrogen and oxygen atoms in total. The summed E-state index contributed by atoms with van der Waals surface area (Å²) in [5.41, 5.74) is 8.85. The van der Waals surface area contributed by atoms with Crippen molar-refractivity contribution in [2.75, 3.05) is 5.73 Å². The van der Waals surface area contributed by atoms with Crippen LogP contribution in [0.1, 0.15) is 0 Å². The van der Waals surface area contributed by atoms with E-state index in [-0.39, 0.29) is 0 Å². The Bertz CT molecular complexity index is 756. The second-order valence-corrected chi connectivity index (χ2v) is 5.89. The van der Waals surface area contributed by atoms with Gasteiger partial charge < -0.3 is 10.5 Å². The molecule has 0 amide bonds. The van der Waals surface area contributed by atoms with Gasteiger partial charge in [0.05, 0.1) is 5.69 Å². The Balaban J connectivity index is 2.00. The van der Waals surface area contributed by atoms with Gasteiger partial charge in [0.15, 0.2) is 0 Å². The minimum atomic E-state index is 0.643. The Kier molecular flexibility index (Phi) is 4.10. The van der Waals surface area contributed by atoms with Gasteiger partial charge in [0, 0.05) is 9.13 Å². The molecular weight excluding hydrogens is 373 g/mol. The summed E-state index contributed by atoms with van der Waals surface area (Å²) in [6, 6.07) is 23.9. The molecule has 104 valence electrons. The minimum absolute atomic E-state index is 0.643. The second-order valence-electron chi connectivity index (χ2n) is 4.65. The standard InChI is InChI=1S/C18H14INO/c19-14-10-11-18(16(20)12-14)21-17-9-5-4-8-15(17)13-6-2-1-3-7-13/h1-12H,20H2. The van der Waals surface area contributed by atoms with Gasteiger partial charge in [0.1, 0.15) is 11.5 Å². The van der Waals surface area contributed by atoms with Crippen molar-refractivity contribution < 1.29 is 4.74 Å². The summed E-state index contributed by atoms with van der Waals surface area (Å²) < 4.78 is 7.11. The maximum absolute atomic E-state index is 6.03. The van der Waals surface area contributed by atoms with Gasteiger partial charge in [-0.25, -0.2) is 0 Å². The van der Waals surface area contributed by atoms with Crippen molar-refractivity contribution in [3.05, 3.63) is 76.4 Å². The van der Waals surface area contributed by atoms with Crippen LogP contribution in [0.4, 0.5) is 5.69 Å². The monoisotopic (exact) mass is 387 g/mol. The molecule has 3 aromatic rings. The third-order valence-electron chi connectivity index (χ3n) is 3.16. The van der Waals surface area contributed by atoms with Crippen molar-refractivity contribution in [2.45, 2.75) is 0 Å². The fourth-order valence-electron chi connectivity index (χ4n) is 2.14. The largest absolute Gasteiger partial charge is 0.455 e. The number of halogens is 1. The lowest BCUT2D eigenvalue weighted by atomic mass is 10.0. The first-order valence-corrected chi connectivity index (χ1v) is 7.69. The van der Waals surface area contributed by atoms with Gasteiger partial charge in [-0.2, -0.15) is 0 Å². The van der Waals surface area contributed by atoms with Gasteiger partial charge in [-0.05, 0) is 52.4 Å². The van der Waals surface area contributed by atoms with Gasteiger partial charge in [-0.3, -0.25) is 0 Å². The van der Waals surface area contributed by atoms with Gasteiger partial charge in [0.2, 0.25) is 0 Å². The van der Waals surface area contributed by atoms with Crippen molar-refractivity contribution in [1.82, 2.24) is 0 Å². The number of hydrogen-bond acceptors (Lipinski definition) is 2. The van der Waals surface area contributed by atoms with Crippen LogP contribution in [-0.4, -0.2) is 0 Å². The molecule has 0 atom stereocenters. The van der Waals surface area contributed by atoms with E-state index in [1.165, 1.54) is 0 Å². The fourth-order valence-corrected chi connectivity index (χ4v) is 2.66. The van der Waals surface area contributed by atoms with E-state index in [2.05, 4.69) is 34.7 Å². The molecule has 0 aliphatic carbocycles. The van der Waals surface area contributed by atoms with Crippen LogP contribution in [0.2, 0.25) is 0 Å². The van der Waals surface area contributed by atoms with Crippen molar-refractivity contribution in [3.8, 4) is 22.6 Å². The van der Waals surface area contributed by atoms with Gasteiger partial charge in [-0.15, -0.1) is 0 Å². The zero-order valence-electron chi connectivity index (χ0n) is 11.3. The molecular formula is C18H14INO. The summed E-state index contributed by atoms with van der Waals surface area (Å²) in [4.78, 5) is 0. The second kappa shape index (κ2) is 6.18. The number of rotatable bonds is 3. The van der Waals surface area contributed by atoms with E-state index in [9.17, 15) is 0 Å². The number of anilines is 1. The lowest BCUT2D eigenvalue weighted by molar-refractivity contribution is 0.487. The van der Waals surface area contributed by atoms with E-state index in [0.717, 1.165) is 20.4 Å². The molecule has 3 heteroatoms. The molecule has 0 saturated carbocycles. The van der Waals surface area contributed by atoms with Gasteiger partial charge >= 0.3 is 0 Å². The third kappa shape index (κ3) is 3.19. The summed E-state index contributed by atoms with van der Waals surface area (Å²) >= 11 is 2.23. The highest BCUT2D eigenvalue weighted by molar-refractivity contribution is 14.1. The van der Waals surface area contributed by atoms with E-state index in [4.69, 9.17) is 10.5 Å². The lowest BCUT2D eigenvalue weighted by Gasteiger charge is -2.13. The van der Waals surface area contributed by atoms with Crippen LogP contribution in [0.25, 0.3) is 11.1 Å². The van der Waals surface area contributed by atoms with Crippen molar-refractivity contribution >= 4 is 28.3 Å². The Morgan fingerprint density at radius 2 is 1.48 bits per heavy atom. The van der Waals surface area contributed by atoms with Crippen molar-refractivity contribution in [3.63, 3.8) is 0 Å². The molecule has 0 aromatic heterocycles. The molecule has 0 unspecified atom stereocenters. The summed E-state index contributed by atoms with van der Waals surface area (Å²) in [5.74, 6) is 1.48. The van der Waals surface area contributed by atoms with E-state index < -0.39 is 0 Å². The molecule has 3 aromatic carbocycles. The summed E-state index contributed by atoms with van der Waals surface area (Å²) in [7, 11) is 0. The average molecular weight is 387 g/mol. The van der Waals surface area contributed by atoms with Crippen molar-refractivity contribution in [2.24, 2.45) is 0 Å². The van der Waals surface area contributed by atoms with Gasteiger partial charge in [0.25, 0.3) is 0 Å². The van der Waals surface area contributed by atoms with Crippen LogP contribution in [0, 0.1) is 3.57 Å². The zero-order chi connectivity index (χ0) is 14.7. The van der Waals surface area contributed by atoms with Crippen LogP contribution in [0.5, 0.6) is 11.5 Å². The highest BCUT2D eigenvalue weighted by Gasteiger charge is 2.08. The Hall–Kier alpha value is -2.01. The number of nitrogens with two attached hydrogens (primary N) is 1. The highest BCUT2D eigenvalue weighted by Crippen LogP contribution is 2.35. The third-order valence-corrected chi connectivity index (χ3v) is 3.83. The number of hydrogen-bond donors (Lipinski definition) is 1. The number of ether oxygens (including phenoxy) is 1. The topological polar surface area (TPSA) is 35.2 Å². The maximum atomic E-state index is 6.03. The predicted molar refractivity (Wildman–Crippen MR) is 95.5 cm³/mol. The van der Waals surface area contributed by atoms with Crippen LogP contribution in [0.15, 0.2) is 72.8 Å². The van der Waals surface area contributed by atoms with Crippen LogP contribution < -0.4 is 10.5 Å². The number of benzene rings is 3. The smallest absolute Gasteiger partial charge is 0.150 e. The Morgan fingerprint density at radius 1 is 0.762 bits per heavy atom. The van der Waals surface area contributed by atoms with E-state index in [1.54, 1.807) is 0 Å². The molecule has 0 aliphatic rings. The molecule has 0 spiro atoms. The van der Waals surface area contributed by atoms with E-state index in [1.807, 2.05) is 60.7 Å². The molecule has 3 rings (SSSR count). The first-order chi connectivity index (χ1) is 10.2. The molecule has 0 aliphatic heterocycles. The molecule has 0 radical (unpaired) electrons. The summed E-state index contributed by atoms with van der Waals surface area (Å²) in [5, 5.41) is 0. The maximum Gasteiger partial charge on any atom is 0.150 e. The number of para-hydroxylation sites is 1. The molecule has 0 heterocycles. The number of nitrogen functional groups attached to an aromatic ring is 1. The fraction of sp³-hybridized carbons (Fsp3) is 0. The highest BCUT2D eigenvalue weighted by atomic mass is 127. The predicted octanol–water partition coefficient (Wildman–Crippen LogP) is 5.33. The normalized spacial score (nSPS) is 10.3. The van der Waals surface area contributed by atoms with Gasteiger partial charge in [-0.1, -0.05) is 48.5 Å². The Morgan fingerprint density at radius 3 is 2.24 bits per heavy atom. The zero-order valence-corrected chi connectivity index (χ0v) is 13.4. The summed E-state index contributed by atoms with van der Waals surface area (Å²) in [6.07, 6.45) is 0. The van der Waals surface area contributed by atoms with Crippen LogP contribution >= 0.6 is 22.6 Å². The van der Waals surface area contributed by atoms with Crippen molar-refractivity contribution in [1.29, 1.82) is 0 Å². The molecule has 0 saturated heterocycles. The lowest BCUT2D eigenvalue weighted by Crippen LogP contribution is -1.94. The van der Waals surface area contributed by atoms with Crippen LogP contribution in [0.3, 0.4) is 0 Å². The first-order valence-electron chi connectivity index (χ1n) is 6.61. The molecule has 0 bridgehead atoms. The quantitative estimate of drug-likeness (QED) is 0.487. The molecule has 0 fully saturated rings. The first kappa shape index (κ1) is 13.9. The SMILES string of the molecule is Nc1cc(I)ccc1Oc1ccccc1-c1ccccc1. The average Bonchev–Trinajstić information content (AvgIpc) is 2.51. The van der Waals surface area contributed by atoms with Crippen LogP contribution in [-0.2, 0) is 0 Å². The van der Waals surface area contributed by atoms with E-state index in [0.29, 0.717) is 11.4 Å².